The summed E-state index contributed by atoms with van der Waals surface area (Å²) >= 11 is 0. The molecule has 0 aliphatic carbocycles. The molecule has 0 radical (unpaired) electrons. The van der Waals surface area contributed by atoms with Gasteiger partial charge in [-0.15, -0.1) is 0 Å². The maximum Gasteiger partial charge on any atom is 0.224 e. The number of nitrogens with one attached hydrogen (secondary N) is 1. The first-order chi connectivity index (χ1) is 14.0. The Bertz CT molecular complexity index is 803. The summed E-state index contributed by atoms with van der Waals surface area (Å²) in [5.74, 6) is 1.24. The van der Waals surface area contributed by atoms with Crippen molar-refractivity contribution < 1.29 is 13.9 Å². The van der Waals surface area contributed by atoms with Gasteiger partial charge in [-0.25, -0.2) is 4.39 Å². The second kappa shape index (κ2) is 10.4. The van der Waals surface area contributed by atoms with E-state index in [1.807, 2.05) is 36.4 Å². The van der Waals surface area contributed by atoms with Gasteiger partial charge >= 0.3 is 0 Å². The van der Waals surface area contributed by atoms with Gasteiger partial charge in [0, 0.05) is 24.2 Å². The molecule has 4 nitrogen and oxygen atoms in total. The van der Waals surface area contributed by atoms with Crippen LogP contribution in [0.3, 0.4) is 0 Å². The molecule has 1 aliphatic rings. The van der Waals surface area contributed by atoms with Crippen LogP contribution in [0.15, 0.2) is 48.5 Å². The predicted molar refractivity (Wildman–Crippen MR) is 115 cm³/mol. The van der Waals surface area contributed by atoms with E-state index in [4.69, 9.17) is 4.74 Å². The highest BCUT2D eigenvalue weighted by molar-refractivity contribution is 5.90. The average Bonchev–Trinajstić information content (AvgIpc) is 2.74. The number of nitrogens with zero attached hydrogens (tertiary/aromatic N) is 1. The van der Waals surface area contributed by atoms with Crippen LogP contribution in [-0.4, -0.2) is 37.0 Å². The van der Waals surface area contributed by atoms with Crippen LogP contribution in [0.5, 0.6) is 5.75 Å². The Morgan fingerprint density at radius 2 is 1.97 bits per heavy atom. The Morgan fingerprint density at radius 1 is 1.21 bits per heavy atom. The van der Waals surface area contributed by atoms with Gasteiger partial charge in [0.1, 0.15) is 11.6 Å². The highest BCUT2D eigenvalue weighted by Crippen LogP contribution is 2.25. The summed E-state index contributed by atoms with van der Waals surface area (Å²) in [6.07, 6.45) is 4.36. The molecule has 1 atom stereocenters. The van der Waals surface area contributed by atoms with E-state index in [1.165, 1.54) is 6.07 Å². The molecule has 5 heteroatoms. The van der Waals surface area contributed by atoms with Gasteiger partial charge in [0.2, 0.25) is 5.91 Å². The highest BCUT2D eigenvalue weighted by atomic mass is 19.1. The SMILES string of the molecule is COc1cccc(NC(=O)CCC2CCN(C(C)Cc3ccccc3F)CC2)c1. The molecule has 3 rings (SSSR count). The zero-order valence-corrected chi connectivity index (χ0v) is 17.4. The first-order valence-electron chi connectivity index (χ1n) is 10.5. The number of amides is 1. The second-order valence-electron chi connectivity index (χ2n) is 7.94. The fourth-order valence-electron chi connectivity index (χ4n) is 4.05. The van der Waals surface area contributed by atoms with E-state index >= 15 is 0 Å². The van der Waals surface area contributed by atoms with E-state index in [0.29, 0.717) is 18.4 Å². The molecule has 0 aromatic heterocycles. The summed E-state index contributed by atoms with van der Waals surface area (Å²) in [5, 5.41) is 2.95. The van der Waals surface area contributed by atoms with Crippen molar-refractivity contribution in [2.24, 2.45) is 5.92 Å². The molecule has 29 heavy (non-hydrogen) atoms. The number of hydrogen-bond donors (Lipinski definition) is 1. The Morgan fingerprint density at radius 3 is 2.69 bits per heavy atom. The molecule has 1 N–H and O–H groups in total. The summed E-state index contributed by atoms with van der Waals surface area (Å²) in [6.45, 7) is 4.20. The van der Waals surface area contributed by atoms with Crippen LogP contribution in [0.2, 0.25) is 0 Å². The fraction of sp³-hybridized carbons (Fsp3) is 0.458. The lowest BCUT2D eigenvalue weighted by molar-refractivity contribution is -0.116. The fourth-order valence-corrected chi connectivity index (χ4v) is 4.05. The van der Waals surface area contributed by atoms with E-state index in [2.05, 4.69) is 17.1 Å². The largest absolute Gasteiger partial charge is 0.497 e. The van der Waals surface area contributed by atoms with Crippen molar-refractivity contribution in [1.29, 1.82) is 0 Å². The lowest BCUT2D eigenvalue weighted by Crippen LogP contribution is -2.41. The molecule has 0 spiro atoms. The average molecular weight is 399 g/mol. The van der Waals surface area contributed by atoms with Gasteiger partial charge in [0.25, 0.3) is 0 Å². The summed E-state index contributed by atoms with van der Waals surface area (Å²) in [7, 11) is 1.62. The van der Waals surface area contributed by atoms with Crippen molar-refractivity contribution in [2.45, 2.75) is 45.1 Å². The topological polar surface area (TPSA) is 41.6 Å². The van der Waals surface area contributed by atoms with Crippen LogP contribution in [0.25, 0.3) is 0 Å². The monoisotopic (exact) mass is 398 g/mol. The maximum absolute atomic E-state index is 13.9. The van der Waals surface area contributed by atoms with Gasteiger partial charge in [-0.1, -0.05) is 24.3 Å². The van der Waals surface area contributed by atoms with Crippen molar-refractivity contribution >= 4 is 11.6 Å². The summed E-state index contributed by atoms with van der Waals surface area (Å²) in [4.78, 5) is 14.7. The van der Waals surface area contributed by atoms with Gasteiger partial charge in [-0.3, -0.25) is 4.79 Å². The van der Waals surface area contributed by atoms with Crippen molar-refractivity contribution in [3.63, 3.8) is 0 Å². The van der Waals surface area contributed by atoms with Crippen LogP contribution in [0.4, 0.5) is 10.1 Å². The molecule has 2 aromatic rings. The lowest BCUT2D eigenvalue weighted by atomic mass is 9.90. The van der Waals surface area contributed by atoms with Crippen molar-refractivity contribution in [3.8, 4) is 5.75 Å². The Hall–Kier alpha value is -2.40. The van der Waals surface area contributed by atoms with E-state index < -0.39 is 0 Å². The van der Waals surface area contributed by atoms with Crippen molar-refractivity contribution in [2.75, 3.05) is 25.5 Å². The van der Waals surface area contributed by atoms with Gasteiger partial charge in [0.15, 0.2) is 0 Å². The molecule has 0 bridgehead atoms. The lowest BCUT2D eigenvalue weighted by Gasteiger charge is -2.36. The molecule has 1 aliphatic heterocycles. The predicted octanol–water partition coefficient (Wildman–Crippen LogP) is 4.90. The Labute approximate surface area is 173 Å². The molecule has 2 aromatic carbocycles. The minimum absolute atomic E-state index is 0.0496. The summed E-state index contributed by atoms with van der Waals surface area (Å²) in [6, 6.07) is 14.8. The third-order valence-corrected chi connectivity index (χ3v) is 5.88. The zero-order chi connectivity index (χ0) is 20.6. The number of carbonyl (C=O) groups is 1. The molecule has 156 valence electrons. The number of likely N-dealkylation sites (tertiary alicyclic amines) is 1. The van der Waals surface area contributed by atoms with Gasteiger partial charge in [-0.05, 0) is 75.4 Å². The van der Waals surface area contributed by atoms with Crippen molar-refractivity contribution in [1.82, 2.24) is 4.90 Å². The van der Waals surface area contributed by atoms with E-state index in [0.717, 1.165) is 55.8 Å². The standard InChI is InChI=1S/C24H31FN2O2/c1-18(16-20-6-3-4-9-23(20)25)27-14-12-19(13-15-27)10-11-24(28)26-21-7-5-8-22(17-21)29-2/h3-9,17-19H,10-16H2,1-2H3,(H,26,28). The molecule has 1 fully saturated rings. The minimum Gasteiger partial charge on any atom is -0.497 e. The van der Waals surface area contributed by atoms with Gasteiger partial charge in [0.05, 0.1) is 7.11 Å². The Balaban J connectivity index is 1.39. The number of rotatable bonds is 8. The number of carbonyl (C=O) groups excluding carboxylic acids is 1. The molecule has 1 heterocycles. The van der Waals surface area contributed by atoms with Gasteiger partial charge < -0.3 is 15.0 Å². The van der Waals surface area contributed by atoms with E-state index in [-0.39, 0.29) is 11.7 Å². The van der Waals surface area contributed by atoms with Crippen LogP contribution < -0.4 is 10.1 Å². The van der Waals surface area contributed by atoms with E-state index in [1.54, 1.807) is 13.2 Å². The van der Waals surface area contributed by atoms with Crippen LogP contribution in [-0.2, 0) is 11.2 Å². The summed E-state index contributed by atoms with van der Waals surface area (Å²) < 4.78 is 19.1. The van der Waals surface area contributed by atoms with Crippen molar-refractivity contribution in [3.05, 3.63) is 59.9 Å². The smallest absolute Gasteiger partial charge is 0.224 e. The Kier molecular flexibility index (Phi) is 7.64. The number of ether oxygens (including phenoxy) is 1. The van der Waals surface area contributed by atoms with Gasteiger partial charge in [-0.2, -0.15) is 0 Å². The minimum atomic E-state index is -0.115. The highest BCUT2D eigenvalue weighted by Gasteiger charge is 2.23. The number of anilines is 1. The molecular formula is C24H31FN2O2. The molecule has 1 unspecified atom stereocenters. The number of hydrogen-bond acceptors (Lipinski definition) is 3. The quantitative estimate of drug-likeness (QED) is 0.688. The third kappa shape index (κ3) is 6.29. The third-order valence-electron chi connectivity index (χ3n) is 5.88. The van der Waals surface area contributed by atoms with Crippen LogP contribution in [0, 0.1) is 11.7 Å². The maximum atomic E-state index is 13.9. The molecular weight excluding hydrogens is 367 g/mol. The van der Waals surface area contributed by atoms with Crippen LogP contribution in [0.1, 0.15) is 38.2 Å². The number of piperidine rings is 1. The zero-order valence-electron chi connectivity index (χ0n) is 17.4. The second-order valence-corrected chi connectivity index (χ2v) is 7.94. The number of methoxy groups -OCH3 is 1. The summed E-state index contributed by atoms with van der Waals surface area (Å²) in [5.41, 5.74) is 1.56. The van der Waals surface area contributed by atoms with Crippen LogP contribution >= 0.6 is 0 Å². The normalized spacial score (nSPS) is 16.4. The molecule has 0 saturated carbocycles. The van der Waals surface area contributed by atoms with E-state index in [9.17, 15) is 9.18 Å². The molecule has 1 amide bonds. The first-order valence-corrected chi connectivity index (χ1v) is 10.5. The first kappa shape index (κ1) is 21.3. The molecule has 1 saturated heterocycles. The number of halogens is 1. The number of benzene rings is 2.